The number of thiophene rings is 1. The minimum atomic E-state index is 0.550. The summed E-state index contributed by atoms with van der Waals surface area (Å²) in [7, 11) is 0. The molecule has 3 rings (SSSR count). The molecule has 1 aliphatic carbocycles. The van der Waals surface area contributed by atoms with Crippen molar-refractivity contribution >= 4 is 28.3 Å². The second-order valence-corrected chi connectivity index (χ2v) is 7.91. The van der Waals surface area contributed by atoms with E-state index in [1.165, 1.54) is 41.2 Å². The average molecular weight is 294 g/mol. The molecule has 0 unspecified atom stereocenters. The molecule has 1 aromatic rings. The number of thioether (sulfide) groups is 1. The Hall–Kier alpha value is -0.480. The van der Waals surface area contributed by atoms with Crippen molar-refractivity contribution in [2.75, 3.05) is 12.3 Å². The Balaban J connectivity index is 1.52. The topological polar surface area (TPSA) is 24.4 Å². The summed E-state index contributed by atoms with van der Waals surface area (Å²) in [5, 5.41) is 4.66. The van der Waals surface area contributed by atoms with Gasteiger partial charge in [-0.15, -0.1) is 11.3 Å². The van der Waals surface area contributed by atoms with Crippen molar-refractivity contribution in [2.24, 2.45) is 10.4 Å². The standard InChI is InChI=1S/C15H22N2S2/c1-2-12-5-6-13(19-12)9-16-14-17-10-15(11-18-14)7-3-4-8-15/h5-6H,2-4,7-11H2,1H3,(H,16,17). The molecule has 0 amide bonds. The second kappa shape index (κ2) is 5.88. The van der Waals surface area contributed by atoms with Crippen LogP contribution in [0.5, 0.6) is 0 Å². The smallest absolute Gasteiger partial charge is 0.156 e. The van der Waals surface area contributed by atoms with Gasteiger partial charge < -0.3 is 5.32 Å². The first-order valence-corrected chi connectivity index (χ1v) is 9.09. The lowest BCUT2D eigenvalue weighted by atomic mass is 9.89. The van der Waals surface area contributed by atoms with Gasteiger partial charge in [-0.1, -0.05) is 31.5 Å². The van der Waals surface area contributed by atoms with Gasteiger partial charge >= 0.3 is 0 Å². The van der Waals surface area contributed by atoms with Gasteiger partial charge in [0, 0.05) is 22.1 Å². The minimum Gasteiger partial charge on any atom is -0.360 e. The molecule has 0 atom stereocenters. The third-order valence-electron chi connectivity index (χ3n) is 4.22. The molecule has 0 saturated heterocycles. The van der Waals surface area contributed by atoms with Crippen molar-refractivity contribution in [1.82, 2.24) is 5.32 Å². The van der Waals surface area contributed by atoms with Crippen molar-refractivity contribution in [3.63, 3.8) is 0 Å². The molecule has 1 aliphatic heterocycles. The van der Waals surface area contributed by atoms with Gasteiger partial charge in [0.25, 0.3) is 0 Å². The molecule has 0 radical (unpaired) electrons. The summed E-state index contributed by atoms with van der Waals surface area (Å²) in [5.74, 6) is 1.27. The molecule has 0 aromatic carbocycles. The zero-order valence-corrected chi connectivity index (χ0v) is 13.2. The van der Waals surface area contributed by atoms with E-state index in [1.807, 2.05) is 23.1 Å². The molecule has 104 valence electrons. The molecule has 2 nitrogen and oxygen atoms in total. The van der Waals surface area contributed by atoms with Crippen LogP contribution in [0, 0.1) is 5.41 Å². The number of amidine groups is 1. The van der Waals surface area contributed by atoms with E-state index in [-0.39, 0.29) is 0 Å². The molecule has 1 fully saturated rings. The zero-order valence-electron chi connectivity index (χ0n) is 11.6. The zero-order chi connectivity index (χ0) is 13.1. The molecule has 1 spiro atoms. The Morgan fingerprint density at radius 3 is 2.68 bits per heavy atom. The molecular formula is C15H22N2S2. The largest absolute Gasteiger partial charge is 0.360 e. The summed E-state index contributed by atoms with van der Waals surface area (Å²) in [6.07, 6.45) is 6.74. The Bertz CT molecular complexity index is 458. The van der Waals surface area contributed by atoms with Crippen LogP contribution >= 0.6 is 23.1 Å². The summed E-state index contributed by atoms with van der Waals surface area (Å²) in [6, 6.07) is 4.48. The average Bonchev–Trinajstić information content (AvgIpc) is 3.08. The molecule has 2 aliphatic rings. The van der Waals surface area contributed by atoms with Crippen LogP contribution in [0.25, 0.3) is 0 Å². The van der Waals surface area contributed by atoms with Crippen molar-refractivity contribution in [1.29, 1.82) is 0 Å². The van der Waals surface area contributed by atoms with Crippen LogP contribution < -0.4 is 5.32 Å². The second-order valence-electron chi connectivity index (χ2n) is 5.69. The van der Waals surface area contributed by atoms with Crippen molar-refractivity contribution in [3.8, 4) is 0 Å². The maximum absolute atomic E-state index is 4.78. The fraction of sp³-hybridized carbons (Fsp3) is 0.667. The third-order valence-corrected chi connectivity index (χ3v) is 6.75. The summed E-state index contributed by atoms with van der Waals surface area (Å²) in [4.78, 5) is 7.67. The number of rotatable bonds is 3. The first-order valence-electron chi connectivity index (χ1n) is 7.28. The number of aryl methyl sites for hydroxylation is 1. The predicted molar refractivity (Wildman–Crippen MR) is 86.2 cm³/mol. The fourth-order valence-electron chi connectivity index (χ4n) is 2.96. The van der Waals surface area contributed by atoms with Gasteiger partial charge in [-0.25, -0.2) is 0 Å². The van der Waals surface area contributed by atoms with Crippen LogP contribution in [-0.4, -0.2) is 17.5 Å². The Kier molecular flexibility index (Phi) is 4.18. The Labute approximate surface area is 124 Å². The highest BCUT2D eigenvalue weighted by Crippen LogP contribution is 2.43. The fourth-order valence-corrected chi connectivity index (χ4v) is 5.01. The molecule has 1 saturated carbocycles. The highest BCUT2D eigenvalue weighted by atomic mass is 32.2. The van der Waals surface area contributed by atoms with E-state index in [9.17, 15) is 0 Å². The molecule has 4 heteroatoms. The van der Waals surface area contributed by atoms with Gasteiger partial charge in [0.1, 0.15) is 0 Å². The van der Waals surface area contributed by atoms with E-state index in [2.05, 4.69) is 24.4 Å². The molecule has 2 heterocycles. The van der Waals surface area contributed by atoms with E-state index in [0.717, 1.165) is 24.7 Å². The predicted octanol–water partition coefficient (Wildman–Crippen LogP) is 4.06. The van der Waals surface area contributed by atoms with Crippen molar-refractivity contribution in [3.05, 3.63) is 21.9 Å². The quantitative estimate of drug-likeness (QED) is 0.909. The van der Waals surface area contributed by atoms with E-state index in [4.69, 9.17) is 4.99 Å². The highest BCUT2D eigenvalue weighted by Gasteiger charge is 2.36. The number of nitrogens with one attached hydrogen (secondary N) is 1. The van der Waals surface area contributed by atoms with E-state index >= 15 is 0 Å². The van der Waals surface area contributed by atoms with Crippen LogP contribution in [0.1, 0.15) is 42.4 Å². The minimum absolute atomic E-state index is 0.550. The lowest BCUT2D eigenvalue weighted by Gasteiger charge is -2.31. The van der Waals surface area contributed by atoms with Gasteiger partial charge in [0.2, 0.25) is 0 Å². The normalized spacial score (nSPS) is 21.6. The summed E-state index contributed by atoms with van der Waals surface area (Å²) >= 11 is 3.85. The third kappa shape index (κ3) is 3.16. The number of hydrogen-bond donors (Lipinski definition) is 1. The van der Waals surface area contributed by atoms with Crippen LogP contribution in [-0.2, 0) is 13.0 Å². The highest BCUT2D eigenvalue weighted by molar-refractivity contribution is 8.13. The van der Waals surface area contributed by atoms with Gasteiger partial charge in [0.05, 0.1) is 6.54 Å². The summed E-state index contributed by atoms with van der Waals surface area (Å²) in [6.45, 7) is 4.20. The number of nitrogens with zero attached hydrogens (tertiary/aromatic N) is 1. The van der Waals surface area contributed by atoms with Gasteiger partial charge in [0.15, 0.2) is 5.17 Å². The van der Waals surface area contributed by atoms with E-state index in [0.29, 0.717) is 5.41 Å². The van der Waals surface area contributed by atoms with Crippen LogP contribution in [0.2, 0.25) is 0 Å². The van der Waals surface area contributed by atoms with Gasteiger partial charge in [-0.2, -0.15) is 0 Å². The van der Waals surface area contributed by atoms with Crippen molar-refractivity contribution < 1.29 is 0 Å². The molecule has 1 aromatic heterocycles. The van der Waals surface area contributed by atoms with Crippen molar-refractivity contribution in [2.45, 2.75) is 45.6 Å². The van der Waals surface area contributed by atoms with Crippen LogP contribution in [0.4, 0.5) is 0 Å². The number of hydrogen-bond acceptors (Lipinski definition) is 4. The van der Waals surface area contributed by atoms with Gasteiger partial charge in [-0.3, -0.25) is 4.99 Å². The lowest BCUT2D eigenvalue weighted by Crippen LogP contribution is -2.33. The number of aliphatic imine (C=N–C) groups is 1. The monoisotopic (exact) mass is 294 g/mol. The molecular weight excluding hydrogens is 272 g/mol. The van der Waals surface area contributed by atoms with Crippen LogP contribution in [0.15, 0.2) is 17.1 Å². The molecule has 1 N–H and O–H groups in total. The first kappa shape index (κ1) is 13.5. The maximum Gasteiger partial charge on any atom is 0.156 e. The maximum atomic E-state index is 4.78. The summed E-state index contributed by atoms with van der Waals surface area (Å²) < 4.78 is 0. The summed E-state index contributed by atoms with van der Waals surface area (Å²) in [5.41, 5.74) is 0.550. The Morgan fingerprint density at radius 2 is 2.05 bits per heavy atom. The Morgan fingerprint density at radius 1 is 1.26 bits per heavy atom. The lowest BCUT2D eigenvalue weighted by molar-refractivity contribution is 0.358. The van der Waals surface area contributed by atoms with E-state index in [1.54, 1.807) is 0 Å². The SMILES string of the molecule is CCc1ccc(CNC2=NCC3(CCCC3)CS2)s1. The first-order chi connectivity index (χ1) is 9.30. The molecule has 0 bridgehead atoms. The van der Waals surface area contributed by atoms with Crippen LogP contribution in [0.3, 0.4) is 0 Å². The van der Waals surface area contributed by atoms with Gasteiger partial charge in [-0.05, 0) is 36.8 Å². The van der Waals surface area contributed by atoms with E-state index < -0.39 is 0 Å². The molecule has 19 heavy (non-hydrogen) atoms.